The zero-order valence-corrected chi connectivity index (χ0v) is 7.80. The maximum Gasteiger partial charge on any atom is 0.0244 e. The van der Waals surface area contributed by atoms with Gasteiger partial charge in [0.15, 0.2) is 0 Å². The summed E-state index contributed by atoms with van der Waals surface area (Å²) in [5.74, 6) is 2.14. The maximum atomic E-state index is 5.30. The van der Waals surface area contributed by atoms with Gasteiger partial charge in [-0.15, -0.1) is 0 Å². The normalized spacial score (nSPS) is 9.56. The molecule has 54 valence electrons. The lowest BCUT2D eigenvalue weighted by Crippen LogP contribution is -1.99. The summed E-state index contributed by atoms with van der Waals surface area (Å²) in [6, 6.07) is 0. The highest BCUT2D eigenvalue weighted by Gasteiger charge is 1.88. The van der Waals surface area contributed by atoms with Crippen molar-refractivity contribution in [2.24, 2.45) is 5.73 Å². The van der Waals surface area contributed by atoms with Crippen LogP contribution in [-0.2, 0) is 0 Å². The van der Waals surface area contributed by atoms with Crippen LogP contribution in [0.15, 0.2) is 11.1 Å². The van der Waals surface area contributed by atoms with E-state index in [4.69, 9.17) is 5.73 Å². The van der Waals surface area contributed by atoms with Gasteiger partial charge < -0.3 is 5.73 Å². The fraction of sp³-hybridized carbons (Fsp3) is 0.667. The van der Waals surface area contributed by atoms with Crippen LogP contribution >= 0.6 is 27.7 Å². The number of nitrogens with two attached hydrogens (primary N) is 1. The van der Waals surface area contributed by atoms with Gasteiger partial charge in [-0.05, 0) is 23.2 Å². The molecule has 0 rings (SSSR count). The van der Waals surface area contributed by atoms with Crippen molar-refractivity contribution in [3.63, 3.8) is 0 Å². The number of rotatable bonds is 5. The van der Waals surface area contributed by atoms with Gasteiger partial charge in [-0.3, -0.25) is 0 Å². The highest BCUT2D eigenvalue weighted by Crippen LogP contribution is 2.11. The molecule has 0 aromatic carbocycles. The Balaban J connectivity index is 2.83. The van der Waals surface area contributed by atoms with E-state index in [1.54, 1.807) is 0 Å². The number of halogens is 1. The summed E-state index contributed by atoms with van der Waals surface area (Å²) in [6.07, 6.45) is 1.10. The smallest absolute Gasteiger partial charge is 0.0244 e. The maximum absolute atomic E-state index is 5.30. The van der Waals surface area contributed by atoms with Crippen LogP contribution in [0.25, 0.3) is 0 Å². The second-order valence-corrected chi connectivity index (χ2v) is 3.94. The van der Waals surface area contributed by atoms with Gasteiger partial charge in [-0.2, -0.15) is 11.8 Å². The Kier molecular flexibility index (Phi) is 7.04. The Hall–Kier alpha value is 0.530. The van der Waals surface area contributed by atoms with Crippen molar-refractivity contribution >= 4 is 27.7 Å². The van der Waals surface area contributed by atoms with E-state index in [0.717, 1.165) is 29.0 Å². The standard InChI is InChI=1S/C6H12BrNS/c1-6(7)5-9-4-2-3-8/h1-5,8H2. The lowest BCUT2D eigenvalue weighted by Gasteiger charge is -1.96. The largest absolute Gasteiger partial charge is 0.330 e. The molecule has 0 saturated heterocycles. The molecule has 2 N–H and O–H groups in total. The van der Waals surface area contributed by atoms with Crippen molar-refractivity contribution in [1.82, 2.24) is 0 Å². The molecule has 0 radical (unpaired) electrons. The topological polar surface area (TPSA) is 26.0 Å². The molecule has 0 aromatic heterocycles. The fourth-order valence-electron chi connectivity index (χ4n) is 0.368. The summed E-state index contributed by atoms with van der Waals surface area (Å²) in [6.45, 7) is 4.51. The van der Waals surface area contributed by atoms with E-state index < -0.39 is 0 Å². The number of hydrogen-bond donors (Lipinski definition) is 1. The Morgan fingerprint density at radius 1 is 1.67 bits per heavy atom. The molecule has 0 amide bonds. The van der Waals surface area contributed by atoms with Crippen LogP contribution in [-0.4, -0.2) is 18.1 Å². The zero-order chi connectivity index (χ0) is 7.11. The van der Waals surface area contributed by atoms with Crippen molar-refractivity contribution in [3.05, 3.63) is 11.1 Å². The molecule has 0 aliphatic rings. The summed E-state index contributed by atoms with van der Waals surface area (Å²) in [5, 5.41) is 0. The summed E-state index contributed by atoms with van der Waals surface area (Å²) < 4.78 is 1.06. The van der Waals surface area contributed by atoms with E-state index in [1.165, 1.54) is 0 Å². The van der Waals surface area contributed by atoms with Crippen LogP contribution in [0.1, 0.15) is 6.42 Å². The van der Waals surface area contributed by atoms with E-state index in [0.29, 0.717) is 0 Å². The van der Waals surface area contributed by atoms with Gasteiger partial charge in [0, 0.05) is 5.75 Å². The lowest BCUT2D eigenvalue weighted by atomic mass is 10.5. The van der Waals surface area contributed by atoms with Gasteiger partial charge in [0.1, 0.15) is 0 Å². The zero-order valence-electron chi connectivity index (χ0n) is 5.40. The van der Waals surface area contributed by atoms with Gasteiger partial charge in [0.05, 0.1) is 0 Å². The molecule has 0 fully saturated rings. The third-order valence-corrected chi connectivity index (χ3v) is 2.53. The van der Waals surface area contributed by atoms with Crippen LogP contribution in [0.5, 0.6) is 0 Å². The quantitative estimate of drug-likeness (QED) is 0.702. The third-order valence-electron chi connectivity index (χ3n) is 0.751. The lowest BCUT2D eigenvalue weighted by molar-refractivity contribution is 0.944. The van der Waals surface area contributed by atoms with Crippen molar-refractivity contribution in [2.75, 3.05) is 18.1 Å². The van der Waals surface area contributed by atoms with Crippen molar-refractivity contribution in [3.8, 4) is 0 Å². The molecular weight excluding hydrogens is 198 g/mol. The fourth-order valence-corrected chi connectivity index (χ4v) is 1.59. The van der Waals surface area contributed by atoms with Gasteiger partial charge in [0.25, 0.3) is 0 Å². The first-order valence-electron chi connectivity index (χ1n) is 2.88. The monoisotopic (exact) mass is 209 g/mol. The summed E-state index contributed by atoms with van der Waals surface area (Å²) >= 11 is 5.14. The van der Waals surface area contributed by atoms with E-state index in [1.807, 2.05) is 11.8 Å². The van der Waals surface area contributed by atoms with E-state index in [-0.39, 0.29) is 0 Å². The van der Waals surface area contributed by atoms with E-state index >= 15 is 0 Å². The third kappa shape index (κ3) is 8.53. The highest BCUT2D eigenvalue weighted by atomic mass is 79.9. The predicted octanol–water partition coefficient (Wildman–Crippen LogP) is 1.98. The Bertz CT molecular complexity index is 85.1. The molecular formula is C6H12BrNS. The Morgan fingerprint density at radius 2 is 2.33 bits per heavy atom. The van der Waals surface area contributed by atoms with E-state index in [2.05, 4.69) is 22.5 Å². The Labute approximate surface area is 69.2 Å². The molecule has 0 spiro atoms. The number of thioether (sulfide) groups is 1. The van der Waals surface area contributed by atoms with Crippen molar-refractivity contribution in [1.29, 1.82) is 0 Å². The van der Waals surface area contributed by atoms with Crippen LogP contribution in [0.3, 0.4) is 0 Å². The second kappa shape index (κ2) is 6.65. The van der Waals surface area contributed by atoms with Gasteiger partial charge in [-0.1, -0.05) is 22.5 Å². The first kappa shape index (κ1) is 9.53. The van der Waals surface area contributed by atoms with Gasteiger partial charge in [0.2, 0.25) is 0 Å². The summed E-state index contributed by atoms with van der Waals surface area (Å²) in [7, 11) is 0. The predicted molar refractivity (Wildman–Crippen MR) is 49.1 cm³/mol. The molecule has 1 nitrogen and oxygen atoms in total. The van der Waals surface area contributed by atoms with Crippen molar-refractivity contribution < 1.29 is 0 Å². The van der Waals surface area contributed by atoms with Crippen LogP contribution < -0.4 is 5.73 Å². The summed E-state index contributed by atoms with van der Waals surface area (Å²) in [5.41, 5.74) is 5.30. The Morgan fingerprint density at radius 3 is 2.78 bits per heavy atom. The first-order chi connectivity index (χ1) is 4.27. The molecule has 0 bridgehead atoms. The molecule has 9 heavy (non-hydrogen) atoms. The van der Waals surface area contributed by atoms with Crippen molar-refractivity contribution in [2.45, 2.75) is 6.42 Å². The molecule has 0 atom stereocenters. The minimum Gasteiger partial charge on any atom is -0.330 e. The van der Waals surface area contributed by atoms with Crippen LogP contribution in [0, 0.1) is 0 Å². The molecule has 0 saturated carbocycles. The van der Waals surface area contributed by atoms with Gasteiger partial charge >= 0.3 is 0 Å². The SMILES string of the molecule is C=C(Br)CSCCCN. The molecule has 0 aliphatic carbocycles. The van der Waals surface area contributed by atoms with Crippen LogP contribution in [0.2, 0.25) is 0 Å². The second-order valence-electron chi connectivity index (χ2n) is 1.71. The number of hydrogen-bond acceptors (Lipinski definition) is 2. The van der Waals surface area contributed by atoms with Gasteiger partial charge in [-0.25, -0.2) is 0 Å². The summed E-state index contributed by atoms with van der Waals surface area (Å²) in [4.78, 5) is 0. The average molecular weight is 210 g/mol. The van der Waals surface area contributed by atoms with E-state index in [9.17, 15) is 0 Å². The van der Waals surface area contributed by atoms with Crippen LogP contribution in [0.4, 0.5) is 0 Å². The average Bonchev–Trinajstić information content (AvgIpc) is 1.80. The molecule has 0 aliphatic heterocycles. The molecule has 0 heterocycles. The molecule has 0 aromatic rings. The molecule has 3 heteroatoms. The minimum absolute atomic E-state index is 0.793. The first-order valence-corrected chi connectivity index (χ1v) is 4.83. The minimum atomic E-state index is 0.793. The highest BCUT2D eigenvalue weighted by molar-refractivity contribution is 9.11. The molecule has 0 unspecified atom stereocenters.